The standard InChI is InChI=1S/C16H17ClO4/c1-19-13-9-8-11(15(20-2)16(13)21-3)14(18)10-6-4-5-7-12(10)17/h4-9,14,18H,1-3H3. The second-order valence-electron chi connectivity index (χ2n) is 4.35. The van der Waals surface area contributed by atoms with Crippen molar-refractivity contribution in [2.75, 3.05) is 21.3 Å². The molecule has 1 atom stereocenters. The summed E-state index contributed by atoms with van der Waals surface area (Å²) in [6.07, 6.45) is -0.923. The SMILES string of the molecule is COc1ccc(C(O)c2ccccc2Cl)c(OC)c1OC. The zero-order valence-electron chi connectivity index (χ0n) is 12.1. The monoisotopic (exact) mass is 308 g/mol. The lowest BCUT2D eigenvalue weighted by atomic mass is 10.00. The first-order chi connectivity index (χ1) is 10.1. The topological polar surface area (TPSA) is 47.9 Å². The highest BCUT2D eigenvalue weighted by Gasteiger charge is 2.23. The first kappa shape index (κ1) is 15.5. The van der Waals surface area contributed by atoms with Crippen LogP contribution in [-0.2, 0) is 0 Å². The van der Waals surface area contributed by atoms with Gasteiger partial charge in [-0.2, -0.15) is 0 Å². The number of aliphatic hydroxyl groups excluding tert-OH is 1. The Labute approximate surface area is 128 Å². The highest BCUT2D eigenvalue weighted by Crippen LogP contribution is 2.44. The van der Waals surface area contributed by atoms with Crippen LogP contribution >= 0.6 is 11.6 Å². The van der Waals surface area contributed by atoms with Crippen molar-refractivity contribution in [1.82, 2.24) is 0 Å². The molecule has 1 unspecified atom stereocenters. The van der Waals surface area contributed by atoms with Gasteiger partial charge in [0.05, 0.1) is 21.3 Å². The van der Waals surface area contributed by atoms with Gasteiger partial charge in [0.15, 0.2) is 11.5 Å². The minimum atomic E-state index is -0.923. The summed E-state index contributed by atoms with van der Waals surface area (Å²) in [5.74, 6) is 1.39. The summed E-state index contributed by atoms with van der Waals surface area (Å²) in [5, 5.41) is 11.1. The number of rotatable bonds is 5. The second kappa shape index (κ2) is 6.70. The van der Waals surface area contributed by atoms with E-state index in [-0.39, 0.29) is 0 Å². The Morgan fingerprint density at radius 2 is 1.52 bits per heavy atom. The highest BCUT2D eigenvalue weighted by molar-refractivity contribution is 6.31. The first-order valence-electron chi connectivity index (χ1n) is 6.35. The Morgan fingerprint density at radius 1 is 0.857 bits per heavy atom. The van der Waals surface area contributed by atoms with Crippen LogP contribution in [-0.4, -0.2) is 26.4 Å². The van der Waals surface area contributed by atoms with Gasteiger partial charge in [0.1, 0.15) is 6.10 Å². The lowest BCUT2D eigenvalue weighted by Gasteiger charge is -2.19. The van der Waals surface area contributed by atoms with Gasteiger partial charge in [-0.15, -0.1) is 0 Å². The molecule has 2 aromatic rings. The van der Waals surface area contributed by atoms with Crippen LogP contribution in [0.2, 0.25) is 5.02 Å². The van der Waals surface area contributed by atoms with E-state index in [9.17, 15) is 5.11 Å². The molecule has 0 aliphatic carbocycles. The van der Waals surface area contributed by atoms with Crippen molar-refractivity contribution >= 4 is 11.6 Å². The molecule has 0 aliphatic rings. The van der Waals surface area contributed by atoms with E-state index >= 15 is 0 Å². The third-order valence-corrected chi connectivity index (χ3v) is 3.57. The smallest absolute Gasteiger partial charge is 0.203 e. The van der Waals surface area contributed by atoms with Crippen LogP contribution in [0.4, 0.5) is 0 Å². The predicted octanol–water partition coefficient (Wildman–Crippen LogP) is 3.45. The number of methoxy groups -OCH3 is 3. The van der Waals surface area contributed by atoms with Crippen molar-refractivity contribution in [3.63, 3.8) is 0 Å². The number of halogens is 1. The van der Waals surface area contributed by atoms with Crippen LogP contribution in [0.15, 0.2) is 36.4 Å². The Balaban J connectivity index is 2.56. The Bertz CT molecular complexity index is 628. The molecule has 0 spiro atoms. The van der Waals surface area contributed by atoms with Crippen molar-refractivity contribution in [1.29, 1.82) is 0 Å². The lowest BCUT2D eigenvalue weighted by Crippen LogP contribution is -2.05. The third-order valence-electron chi connectivity index (χ3n) is 3.23. The first-order valence-corrected chi connectivity index (χ1v) is 6.73. The molecule has 2 aromatic carbocycles. The summed E-state index contributed by atoms with van der Waals surface area (Å²) < 4.78 is 15.9. The summed E-state index contributed by atoms with van der Waals surface area (Å²) in [6, 6.07) is 10.6. The zero-order valence-corrected chi connectivity index (χ0v) is 12.8. The molecule has 0 aliphatic heterocycles. The molecular formula is C16H17ClO4. The van der Waals surface area contributed by atoms with Crippen molar-refractivity contribution in [3.05, 3.63) is 52.5 Å². The predicted molar refractivity (Wildman–Crippen MR) is 81.6 cm³/mol. The maximum atomic E-state index is 10.6. The van der Waals surface area contributed by atoms with E-state index in [1.54, 1.807) is 31.4 Å². The minimum absolute atomic E-state index is 0.421. The number of hydrogen-bond donors (Lipinski definition) is 1. The molecule has 1 N–H and O–H groups in total. The largest absolute Gasteiger partial charge is 0.493 e. The number of benzene rings is 2. The Kier molecular flexibility index (Phi) is 4.94. The van der Waals surface area contributed by atoms with Crippen molar-refractivity contribution in [2.45, 2.75) is 6.10 Å². The fourth-order valence-electron chi connectivity index (χ4n) is 2.20. The number of hydrogen-bond acceptors (Lipinski definition) is 4. The molecular weight excluding hydrogens is 292 g/mol. The van der Waals surface area contributed by atoms with Crippen molar-refractivity contribution < 1.29 is 19.3 Å². The van der Waals surface area contributed by atoms with Gasteiger partial charge in [-0.1, -0.05) is 29.8 Å². The minimum Gasteiger partial charge on any atom is -0.493 e. The van der Waals surface area contributed by atoms with Crippen LogP contribution in [0.3, 0.4) is 0 Å². The molecule has 2 rings (SSSR count). The van der Waals surface area contributed by atoms with Gasteiger partial charge in [0.2, 0.25) is 5.75 Å². The fraction of sp³-hybridized carbons (Fsp3) is 0.250. The van der Waals surface area contributed by atoms with Crippen LogP contribution in [0, 0.1) is 0 Å². The quantitative estimate of drug-likeness (QED) is 0.919. The molecule has 0 amide bonds. The van der Waals surface area contributed by atoms with Gasteiger partial charge >= 0.3 is 0 Å². The summed E-state index contributed by atoms with van der Waals surface area (Å²) in [7, 11) is 4.58. The summed E-state index contributed by atoms with van der Waals surface area (Å²) >= 11 is 6.14. The van der Waals surface area contributed by atoms with Gasteiger partial charge in [0, 0.05) is 16.1 Å². The van der Waals surface area contributed by atoms with Crippen LogP contribution < -0.4 is 14.2 Å². The molecule has 0 heterocycles. The molecule has 5 heteroatoms. The average Bonchev–Trinajstić information content (AvgIpc) is 2.52. The molecule has 0 bridgehead atoms. The normalized spacial score (nSPS) is 11.9. The van der Waals surface area contributed by atoms with Crippen LogP contribution in [0.25, 0.3) is 0 Å². The fourth-order valence-corrected chi connectivity index (χ4v) is 2.44. The van der Waals surface area contributed by atoms with Crippen LogP contribution in [0.5, 0.6) is 17.2 Å². The van der Waals surface area contributed by atoms with Gasteiger partial charge in [-0.05, 0) is 18.2 Å². The van der Waals surface area contributed by atoms with E-state index < -0.39 is 6.10 Å². The molecule has 0 saturated carbocycles. The van der Waals surface area contributed by atoms with Crippen molar-refractivity contribution in [3.8, 4) is 17.2 Å². The lowest BCUT2D eigenvalue weighted by molar-refractivity contribution is 0.212. The summed E-state index contributed by atoms with van der Waals surface area (Å²) in [4.78, 5) is 0. The van der Waals surface area contributed by atoms with E-state index in [1.807, 2.05) is 12.1 Å². The van der Waals surface area contributed by atoms with E-state index in [0.29, 0.717) is 33.4 Å². The number of ether oxygens (including phenoxy) is 3. The average molecular weight is 309 g/mol. The molecule has 0 saturated heterocycles. The Morgan fingerprint density at radius 3 is 2.10 bits per heavy atom. The van der Waals surface area contributed by atoms with Gasteiger partial charge < -0.3 is 19.3 Å². The highest BCUT2D eigenvalue weighted by atomic mass is 35.5. The van der Waals surface area contributed by atoms with E-state index in [4.69, 9.17) is 25.8 Å². The maximum Gasteiger partial charge on any atom is 0.203 e. The van der Waals surface area contributed by atoms with Gasteiger partial charge in [0.25, 0.3) is 0 Å². The van der Waals surface area contributed by atoms with E-state index in [0.717, 1.165) is 0 Å². The van der Waals surface area contributed by atoms with E-state index in [2.05, 4.69) is 0 Å². The maximum absolute atomic E-state index is 10.6. The van der Waals surface area contributed by atoms with Gasteiger partial charge in [-0.25, -0.2) is 0 Å². The molecule has 0 aromatic heterocycles. The second-order valence-corrected chi connectivity index (χ2v) is 4.75. The van der Waals surface area contributed by atoms with E-state index in [1.165, 1.54) is 14.2 Å². The number of aliphatic hydroxyl groups is 1. The summed E-state index contributed by atoms with van der Waals surface area (Å²) in [6.45, 7) is 0. The van der Waals surface area contributed by atoms with Crippen LogP contribution in [0.1, 0.15) is 17.2 Å². The Hall–Kier alpha value is -1.91. The van der Waals surface area contributed by atoms with Gasteiger partial charge in [-0.3, -0.25) is 0 Å². The zero-order chi connectivity index (χ0) is 15.4. The molecule has 4 nitrogen and oxygen atoms in total. The molecule has 0 fully saturated rings. The summed E-state index contributed by atoms with van der Waals surface area (Å²) in [5.41, 5.74) is 1.16. The molecule has 21 heavy (non-hydrogen) atoms. The molecule has 112 valence electrons. The molecule has 0 radical (unpaired) electrons. The van der Waals surface area contributed by atoms with Crippen molar-refractivity contribution in [2.24, 2.45) is 0 Å². The third kappa shape index (κ3) is 2.91.